The SMILES string of the molecule is C[C@@H]1C(=O)N(CN2CCCN(Cc3ccc(C#N)cc3)CC2)C(=O)N1c1ccccc1. The minimum atomic E-state index is -0.491. The maximum absolute atomic E-state index is 13.0. The number of rotatable bonds is 5. The van der Waals surface area contributed by atoms with Crippen molar-refractivity contribution >= 4 is 17.6 Å². The van der Waals surface area contributed by atoms with Gasteiger partial charge in [0.1, 0.15) is 6.04 Å². The van der Waals surface area contributed by atoms with Crippen molar-refractivity contribution in [2.45, 2.75) is 25.9 Å². The molecule has 160 valence electrons. The predicted octanol–water partition coefficient (Wildman–Crippen LogP) is 2.88. The zero-order chi connectivity index (χ0) is 21.8. The Morgan fingerprint density at radius 2 is 1.61 bits per heavy atom. The number of carbonyl (C=O) groups is 2. The van der Waals surface area contributed by atoms with Gasteiger partial charge in [-0.05, 0) is 49.7 Å². The number of carbonyl (C=O) groups excluding carboxylic acids is 2. The van der Waals surface area contributed by atoms with Gasteiger partial charge in [0.05, 0.1) is 18.3 Å². The number of hydrogen-bond acceptors (Lipinski definition) is 5. The fraction of sp³-hybridized carbons (Fsp3) is 0.375. The summed E-state index contributed by atoms with van der Waals surface area (Å²) < 4.78 is 0. The molecule has 0 N–H and O–H groups in total. The monoisotopic (exact) mass is 417 g/mol. The van der Waals surface area contributed by atoms with Crippen LogP contribution in [0.5, 0.6) is 0 Å². The molecule has 2 heterocycles. The van der Waals surface area contributed by atoms with Crippen molar-refractivity contribution in [3.63, 3.8) is 0 Å². The molecule has 4 rings (SSSR count). The van der Waals surface area contributed by atoms with Crippen molar-refractivity contribution in [2.24, 2.45) is 0 Å². The first-order valence-electron chi connectivity index (χ1n) is 10.7. The van der Waals surface area contributed by atoms with E-state index in [1.807, 2.05) is 54.6 Å². The Hall–Kier alpha value is -3.21. The Morgan fingerprint density at radius 1 is 0.935 bits per heavy atom. The quantitative estimate of drug-likeness (QED) is 0.700. The van der Waals surface area contributed by atoms with Gasteiger partial charge >= 0.3 is 6.03 Å². The second-order valence-corrected chi connectivity index (χ2v) is 8.13. The van der Waals surface area contributed by atoms with E-state index >= 15 is 0 Å². The van der Waals surface area contributed by atoms with E-state index in [-0.39, 0.29) is 11.9 Å². The summed E-state index contributed by atoms with van der Waals surface area (Å²) in [5.74, 6) is -0.146. The van der Waals surface area contributed by atoms with Gasteiger partial charge in [0.2, 0.25) is 0 Å². The fourth-order valence-corrected chi connectivity index (χ4v) is 4.25. The molecule has 2 aliphatic heterocycles. The lowest BCUT2D eigenvalue weighted by Gasteiger charge is -2.25. The zero-order valence-electron chi connectivity index (χ0n) is 17.8. The third-order valence-electron chi connectivity index (χ3n) is 5.99. The number of amides is 3. The summed E-state index contributed by atoms with van der Waals surface area (Å²) in [6.07, 6.45) is 0.977. The molecule has 0 spiro atoms. The summed E-state index contributed by atoms with van der Waals surface area (Å²) in [4.78, 5) is 33.4. The number of hydrogen-bond donors (Lipinski definition) is 0. The Labute approximate surface area is 183 Å². The van der Waals surface area contributed by atoms with Crippen LogP contribution in [0.25, 0.3) is 0 Å². The van der Waals surface area contributed by atoms with Crippen LogP contribution in [0.3, 0.4) is 0 Å². The topological polar surface area (TPSA) is 70.9 Å². The van der Waals surface area contributed by atoms with Gasteiger partial charge in [-0.1, -0.05) is 30.3 Å². The van der Waals surface area contributed by atoms with Gasteiger partial charge in [0, 0.05) is 31.9 Å². The van der Waals surface area contributed by atoms with Gasteiger partial charge in [-0.2, -0.15) is 5.26 Å². The fourth-order valence-electron chi connectivity index (χ4n) is 4.25. The lowest BCUT2D eigenvalue weighted by atomic mass is 10.1. The lowest BCUT2D eigenvalue weighted by Crippen LogP contribution is -2.43. The molecular weight excluding hydrogens is 390 g/mol. The summed E-state index contributed by atoms with van der Waals surface area (Å²) in [6, 6.07) is 18.5. The first-order valence-corrected chi connectivity index (χ1v) is 10.7. The highest BCUT2D eigenvalue weighted by atomic mass is 16.2. The molecule has 0 aliphatic carbocycles. The van der Waals surface area contributed by atoms with E-state index in [9.17, 15) is 9.59 Å². The molecule has 2 fully saturated rings. The standard InChI is InChI=1S/C24H27N5O2/c1-19-23(30)28(24(31)29(19)22-6-3-2-4-7-22)18-27-13-5-12-26(14-15-27)17-21-10-8-20(16-25)9-11-21/h2-4,6-11,19H,5,12-15,17-18H2,1H3/t19-/m1/s1. The Kier molecular flexibility index (Phi) is 6.31. The number of imide groups is 1. The molecule has 1 atom stereocenters. The Morgan fingerprint density at radius 3 is 2.32 bits per heavy atom. The van der Waals surface area contributed by atoms with E-state index in [0.29, 0.717) is 12.2 Å². The van der Waals surface area contributed by atoms with E-state index in [1.54, 1.807) is 11.8 Å². The van der Waals surface area contributed by atoms with Crippen molar-refractivity contribution in [1.82, 2.24) is 14.7 Å². The molecule has 3 amide bonds. The summed E-state index contributed by atoms with van der Waals surface area (Å²) in [7, 11) is 0. The van der Waals surface area contributed by atoms with Crippen LogP contribution in [-0.2, 0) is 11.3 Å². The molecule has 0 radical (unpaired) electrons. The Balaban J connectivity index is 1.36. The zero-order valence-corrected chi connectivity index (χ0v) is 17.8. The molecule has 0 bridgehead atoms. The van der Waals surface area contributed by atoms with Crippen LogP contribution >= 0.6 is 0 Å². The average Bonchev–Trinajstić information content (AvgIpc) is 2.94. The molecule has 7 heteroatoms. The van der Waals surface area contributed by atoms with E-state index in [4.69, 9.17) is 5.26 Å². The molecular formula is C24H27N5O2. The van der Waals surface area contributed by atoms with Crippen LogP contribution in [-0.4, -0.2) is 65.5 Å². The van der Waals surface area contributed by atoms with Crippen LogP contribution in [0.4, 0.5) is 10.5 Å². The average molecular weight is 418 g/mol. The number of nitrogens with zero attached hydrogens (tertiary/aromatic N) is 5. The van der Waals surface area contributed by atoms with E-state index in [2.05, 4.69) is 15.9 Å². The number of anilines is 1. The van der Waals surface area contributed by atoms with Crippen LogP contribution in [0, 0.1) is 11.3 Å². The second-order valence-electron chi connectivity index (χ2n) is 8.13. The van der Waals surface area contributed by atoms with Crippen molar-refractivity contribution in [1.29, 1.82) is 5.26 Å². The van der Waals surface area contributed by atoms with Crippen LogP contribution < -0.4 is 4.90 Å². The first kappa shape index (κ1) is 21.0. The molecule has 0 aromatic heterocycles. The van der Waals surface area contributed by atoms with Gasteiger partial charge in [-0.3, -0.25) is 19.5 Å². The maximum atomic E-state index is 13.0. The molecule has 2 aromatic rings. The van der Waals surface area contributed by atoms with Gasteiger partial charge < -0.3 is 0 Å². The normalized spacial score (nSPS) is 20.7. The maximum Gasteiger partial charge on any atom is 0.333 e. The van der Waals surface area contributed by atoms with Crippen LogP contribution in [0.2, 0.25) is 0 Å². The molecule has 31 heavy (non-hydrogen) atoms. The van der Waals surface area contributed by atoms with Crippen molar-refractivity contribution in [3.05, 3.63) is 65.7 Å². The van der Waals surface area contributed by atoms with E-state index in [1.165, 1.54) is 10.5 Å². The first-order chi connectivity index (χ1) is 15.1. The molecule has 2 aromatic carbocycles. The van der Waals surface area contributed by atoms with Crippen molar-refractivity contribution in [2.75, 3.05) is 37.7 Å². The highest BCUT2D eigenvalue weighted by Crippen LogP contribution is 2.25. The lowest BCUT2D eigenvalue weighted by molar-refractivity contribution is -0.128. The number of para-hydroxylation sites is 1. The minimum Gasteiger partial charge on any atom is -0.298 e. The van der Waals surface area contributed by atoms with Crippen LogP contribution in [0.15, 0.2) is 54.6 Å². The van der Waals surface area contributed by atoms with Gasteiger partial charge in [-0.15, -0.1) is 0 Å². The summed E-state index contributed by atoms with van der Waals surface area (Å²) in [5, 5.41) is 8.95. The number of benzene rings is 2. The summed E-state index contributed by atoms with van der Waals surface area (Å²) in [6.45, 7) is 6.43. The van der Waals surface area contributed by atoms with Crippen molar-refractivity contribution in [3.8, 4) is 6.07 Å². The molecule has 0 unspecified atom stereocenters. The van der Waals surface area contributed by atoms with Crippen LogP contribution in [0.1, 0.15) is 24.5 Å². The molecule has 2 saturated heterocycles. The largest absolute Gasteiger partial charge is 0.333 e. The molecule has 7 nitrogen and oxygen atoms in total. The third kappa shape index (κ3) is 4.61. The Bertz CT molecular complexity index is 970. The van der Waals surface area contributed by atoms with Gasteiger partial charge in [-0.25, -0.2) is 9.69 Å². The molecule has 2 aliphatic rings. The van der Waals surface area contributed by atoms with Crippen molar-refractivity contribution < 1.29 is 9.59 Å². The van der Waals surface area contributed by atoms with E-state index < -0.39 is 6.04 Å². The summed E-state index contributed by atoms with van der Waals surface area (Å²) in [5.41, 5.74) is 2.61. The van der Waals surface area contributed by atoms with Gasteiger partial charge in [0.15, 0.2) is 0 Å². The third-order valence-corrected chi connectivity index (χ3v) is 5.99. The number of urea groups is 1. The molecule has 0 saturated carbocycles. The predicted molar refractivity (Wildman–Crippen MR) is 118 cm³/mol. The summed E-state index contributed by atoms with van der Waals surface area (Å²) >= 11 is 0. The highest BCUT2D eigenvalue weighted by Gasteiger charge is 2.43. The second kappa shape index (κ2) is 9.29. The smallest absolute Gasteiger partial charge is 0.298 e. The minimum absolute atomic E-state index is 0.146. The van der Waals surface area contributed by atoms with Gasteiger partial charge in [0.25, 0.3) is 5.91 Å². The number of nitriles is 1. The highest BCUT2D eigenvalue weighted by molar-refractivity contribution is 6.14. The van der Waals surface area contributed by atoms with E-state index in [0.717, 1.165) is 44.8 Å².